The van der Waals surface area contributed by atoms with Crippen LogP contribution in [0.5, 0.6) is 5.75 Å². The molecule has 0 aliphatic rings. The lowest BCUT2D eigenvalue weighted by atomic mass is 10.0. The first kappa shape index (κ1) is 29.3. The summed E-state index contributed by atoms with van der Waals surface area (Å²) in [5, 5.41) is 11.2. The molecule has 1 aromatic rings. The van der Waals surface area contributed by atoms with Gasteiger partial charge in [-0.2, -0.15) is 0 Å². The Bertz CT molecular complexity index is 516. The molecule has 0 saturated carbocycles. The smallest absolute Gasteiger partial charge is 0.0782 e. The van der Waals surface area contributed by atoms with Gasteiger partial charge >= 0.3 is 0 Å². The van der Waals surface area contributed by atoms with Gasteiger partial charge in [-0.25, -0.2) is 0 Å². The summed E-state index contributed by atoms with van der Waals surface area (Å²) < 4.78 is 1.19. The van der Waals surface area contributed by atoms with Crippen molar-refractivity contribution in [3.63, 3.8) is 0 Å². The summed E-state index contributed by atoms with van der Waals surface area (Å²) in [5.74, 6) is 0.0110. The van der Waals surface area contributed by atoms with Gasteiger partial charge in [0.1, 0.15) is 0 Å². The van der Waals surface area contributed by atoms with Gasteiger partial charge in [0, 0.05) is 5.02 Å². The summed E-state index contributed by atoms with van der Waals surface area (Å²) in [7, 11) is 4.70. The van der Waals surface area contributed by atoms with Gasteiger partial charge in [0.15, 0.2) is 0 Å². The van der Waals surface area contributed by atoms with Gasteiger partial charge in [0.05, 0.1) is 27.2 Å². The van der Waals surface area contributed by atoms with E-state index in [-0.39, 0.29) is 5.75 Å². The van der Waals surface area contributed by atoms with E-state index in [4.69, 9.17) is 11.6 Å². The van der Waals surface area contributed by atoms with E-state index in [1.807, 2.05) is 6.92 Å². The molecule has 1 aromatic carbocycles. The molecule has 0 aliphatic carbocycles. The van der Waals surface area contributed by atoms with Crippen LogP contribution in [0.4, 0.5) is 0 Å². The minimum absolute atomic E-state index is 0.0110. The second-order valence-corrected chi connectivity index (χ2v) is 9.89. The van der Waals surface area contributed by atoms with Crippen molar-refractivity contribution in [2.45, 2.75) is 111 Å². The zero-order valence-electron chi connectivity index (χ0n) is 20.8. The van der Waals surface area contributed by atoms with E-state index in [1.165, 1.54) is 120 Å². The van der Waals surface area contributed by atoms with Crippen molar-refractivity contribution in [3.8, 4) is 5.75 Å². The molecule has 2 nitrogen and oxygen atoms in total. The zero-order valence-corrected chi connectivity index (χ0v) is 21.5. The lowest BCUT2D eigenvalue weighted by Gasteiger charge is -2.28. The maximum Gasteiger partial charge on any atom is 0.0782 e. The lowest BCUT2D eigenvalue weighted by Crippen LogP contribution is -2.39. The molecule has 0 spiro atoms. The number of rotatable bonds is 16. The van der Waals surface area contributed by atoms with Crippen LogP contribution in [-0.2, 0) is 0 Å². The van der Waals surface area contributed by atoms with Gasteiger partial charge in [-0.1, -0.05) is 108 Å². The topological polar surface area (TPSA) is 23.1 Å². The molecule has 0 atom stereocenters. The van der Waals surface area contributed by atoms with E-state index < -0.39 is 0 Å². The van der Waals surface area contributed by atoms with Crippen molar-refractivity contribution in [2.75, 3.05) is 27.2 Å². The van der Waals surface area contributed by atoms with E-state index in [9.17, 15) is 5.11 Å². The molecule has 1 rings (SSSR count). The molecule has 0 amide bonds. The number of aryl methyl sites for hydroxylation is 1. The highest BCUT2D eigenvalue weighted by molar-refractivity contribution is 6.31. The van der Waals surface area contributed by atoms with Crippen LogP contribution in [0.2, 0.25) is 5.02 Å². The molecule has 0 fully saturated rings. The van der Waals surface area contributed by atoms with Gasteiger partial charge in [0.25, 0.3) is 0 Å². The molecular weight excluding hydrogens is 390 g/mol. The normalized spacial score (nSPS) is 11.3. The van der Waals surface area contributed by atoms with Crippen LogP contribution in [0, 0.1) is 6.92 Å². The van der Waals surface area contributed by atoms with Gasteiger partial charge in [-0.3, -0.25) is 0 Å². The number of hydrogen-bond acceptors (Lipinski definition) is 1. The van der Waals surface area contributed by atoms with E-state index in [2.05, 4.69) is 27.9 Å². The maximum atomic E-state index is 10.6. The Kier molecular flexibility index (Phi) is 18.5. The minimum atomic E-state index is 0.0110. The average molecular weight is 440 g/mol. The number of quaternary nitrogens is 1. The Balaban J connectivity index is 0.000000769. The lowest BCUT2D eigenvalue weighted by molar-refractivity contribution is -0.888. The molecule has 0 unspecified atom stereocenters. The highest BCUT2D eigenvalue weighted by atomic mass is 35.5. The first-order valence-corrected chi connectivity index (χ1v) is 13.0. The second-order valence-electron chi connectivity index (χ2n) is 9.48. The number of hydrogen-bond donors (Lipinski definition) is 0. The molecule has 0 heterocycles. The van der Waals surface area contributed by atoms with Crippen LogP contribution in [0.25, 0.3) is 0 Å². The SMILES string of the molecule is CCCCCCCCCCCCCCCC[N+](C)(C)CC.Cc1cc([O-])ccc1Cl. The van der Waals surface area contributed by atoms with Gasteiger partial charge < -0.3 is 9.59 Å². The summed E-state index contributed by atoms with van der Waals surface area (Å²) in [6.45, 7) is 9.02. The van der Waals surface area contributed by atoms with Crippen molar-refractivity contribution in [1.82, 2.24) is 0 Å². The third kappa shape index (κ3) is 18.1. The summed E-state index contributed by atoms with van der Waals surface area (Å²) in [5.41, 5.74) is 0.837. The summed E-state index contributed by atoms with van der Waals surface area (Å²) in [6, 6.07) is 4.58. The zero-order chi connectivity index (χ0) is 22.7. The Morgan fingerprint density at radius 3 is 1.53 bits per heavy atom. The molecule has 0 bridgehead atoms. The van der Waals surface area contributed by atoms with Crippen molar-refractivity contribution >= 4 is 11.6 Å². The number of benzene rings is 1. The van der Waals surface area contributed by atoms with Gasteiger partial charge in [-0.05, 0) is 38.3 Å². The minimum Gasteiger partial charge on any atom is -0.872 e. The summed E-state index contributed by atoms with van der Waals surface area (Å²) >= 11 is 5.64. The quantitative estimate of drug-likeness (QED) is 0.187. The Morgan fingerprint density at radius 1 is 0.733 bits per heavy atom. The van der Waals surface area contributed by atoms with E-state index in [0.717, 1.165) is 5.56 Å². The van der Waals surface area contributed by atoms with Crippen LogP contribution in [0.15, 0.2) is 18.2 Å². The van der Waals surface area contributed by atoms with E-state index in [1.54, 1.807) is 6.07 Å². The fraction of sp³-hybridized carbons (Fsp3) is 0.778. The van der Waals surface area contributed by atoms with Gasteiger partial charge in [-0.15, -0.1) is 5.75 Å². The molecule has 176 valence electrons. The number of nitrogens with zero attached hydrogens (tertiary/aromatic N) is 1. The van der Waals surface area contributed by atoms with Crippen LogP contribution < -0.4 is 5.11 Å². The highest BCUT2D eigenvalue weighted by Crippen LogP contribution is 2.17. The number of halogens is 1. The van der Waals surface area contributed by atoms with E-state index >= 15 is 0 Å². The van der Waals surface area contributed by atoms with Crippen LogP contribution >= 0.6 is 11.6 Å². The van der Waals surface area contributed by atoms with Gasteiger partial charge in [0.2, 0.25) is 0 Å². The van der Waals surface area contributed by atoms with Crippen LogP contribution in [0.1, 0.15) is 109 Å². The second kappa shape index (κ2) is 19.0. The third-order valence-corrected chi connectivity index (χ3v) is 6.53. The molecule has 3 heteroatoms. The fourth-order valence-corrected chi connectivity index (χ4v) is 3.63. The molecule has 30 heavy (non-hydrogen) atoms. The van der Waals surface area contributed by atoms with Crippen molar-refractivity contribution in [1.29, 1.82) is 0 Å². The number of unbranched alkanes of at least 4 members (excludes halogenated alkanes) is 13. The van der Waals surface area contributed by atoms with E-state index in [0.29, 0.717) is 5.02 Å². The fourth-order valence-electron chi connectivity index (χ4n) is 3.51. The summed E-state index contributed by atoms with van der Waals surface area (Å²) in [4.78, 5) is 0. The van der Waals surface area contributed by atoms with Crippen LogP contribution in [0.3, 0.4) is 0 Å². The molecular formula is C27H50ClNO. The van der Waals surface area contributed by atoms with Crippen molar-refractivity contribution in [2.24, 2.45) is 0 Å². The molecule has 0 aliphatic heterocycles. The Hall–Kier alpha value is -0.730. The predicted octanol–water partition coefficient (Wildman–Crippen LogP) is 8.29. The Labute approximate surface area is 193 Å². The molecule has 0 aromatic heterocycles. The predicted molar refractivity (Wildman–Crippen MR) is 133 cm³/mol. The Morgan fingerprint density at radius 2 is 1.17 bits per heavy atom. The standard InChI is InChI=1S/C20H44N.C7H7ClO/c1-5-7-8-9-10-11-12-13-14-15-16-17-18-19-20-21(3,4)6-2;1-5-4-6(9)2-3-7(5)8/h5-20H2,1-4H3;2-4,9H,1H3/q+1;/p-1. The van der Waals surface area contributed by atoms with Crippen LogP contribution in [-0.4, -0.2) is 31.7 Å². The first-order valence-electron chi connectivity index (χ1n) is 12.6. The third-order valence-electron chi connectivity index (χ3n) is 6.10. The van der Waals surface area contributed by atoms with Crippen molar-refractivity contribution < 1.29 is 9.59 Å². The molecule has 0 radical (unpaired) electrons. The maximum absolute atomic E-state index is 10.6. The molecule has 0 saturated heterocycles. The largest absolute Gasteiger partial charge is 0.872 e. The highest BCUT2D eigenvalue weighted by Gasteiger charge is 2.09. The first-order chi connectivity index (χ1) is 14.3. The average Bonchev–Trinajstić information content (AvgIpc) is 2.71. The molecule has 0 N–H and O–H groups in total. The summed E-state index contributed by atoms with van der Waals surface area (Å²) in [6.07, 6.45) is 20.4. The monoisotopic (exact) mass is 439 g/mol. The van der Waals surface area contributed by atoms with Crippen molar-refractivity contribution in [3.05, 3.63) is 28.8 Å².